The zero-order valence-electron chi connectivity index (χ0n) is 9.35. The third-order valence-corrected chi connectivity index (χ3v) is 2.08. The van der Waals surface area contributed by atoms with E-state index in [4.69, 9.17) is 20.5 Å². The highest BCUT2D eigenvalue weighted by Gasteiger charge is 2.41. The van der Waals surface area contributed by atoms with Gasteiger partial charge >= 0.3 is 0 Å². The largest absolute Gasteiger partial charge is 0.480 e. The number of nitrogens with zero attached hydrogens (tertiary/aromatic N) is 3. The van der Waals surface area contributed by atoms with Crippen molar-refractivity contribution in [3.8, 4) is 18.2 Å². The van der Waals surface area contributed by atoms with Gasteiger partial charge in [0.2, 0.25) is 5.41 Å². The lowest BCUT2D eigenvalue weighted by Gasteiger charge is -2.21. The van der Waals surface area contributed by atoms with Crippen LogP contribution in [0.3, 0.4) is 0 Å². The summed E-state index contributed by atoms with van der Waals surface area (Å²) in [5, 5.41) is 36.4. The average Bonchev–Trinajstić information content (AvgIpc) is 2.27. The Kier molecular flexibility index (Phi) is 3.22. The van der Waals surface area contributed by atoms with Crippen LogP contribution in [0.2, 0.25) is 0 Å². The van der Waals surface area contributed by atoms with Gasteiger partial charge in [-0.15, -0.1) is 0 Å². The van der Waals surface area contributed by atoms with Crippen LogP contribution < -0.4 is 0 Å². The van der Waals surface area contributed by atoms with Crippen LogP contribution in [0, 0.1) is 39.4 Å². The highest BCUT2D eigenvalue weighted by molar-refractivity contribution is 5.51. The minimum absolute atomic E-state index is 0.171. The van der Waals surface area contributed by atoms with Gasteiger partial charge in [-0.05, 0) is 26.0 Å². The molecule has 0 bridgehead atoms. The van der Waals surface area contributed by atoms with Gasteiger partial charge in [-0.25, -0.2) is 0 Å². The molecule has 0 atom stereocenters. The Balaban J connectivity index is 3.42. The molecular formula is C12H9N3O2. The fourth-order valence-corrected chi connectivity index (χ4v) is 1.34. The molecule has 0 fully saturated rings. The molecule has 0 unspecified atom stereocenters. The molecule has 1 aliphatic rings. The van der Waals surface area contributed by atoms with E-state index in [9.17, 15) is 5.11 Å². The molecule has 17 heavy (non-hydrogen) atoms. The van der Waals surface area contributed by atoms with E-state index in [0.29, 0.717) is 0 Å². The maximum atomic E-state index is 9.51. The van der Waals surface area contributed by atoms with Gasteiger partial charge in [-0.2, -0.15) is 15.8 Å². The number of allylic oxidation sites excluding steroid dienone is 4. The Bertz CT molecular complexity index is 544. The summed E-state index contributed by atoms with van der Waals surface area (Å²) in [6.07, 6.45) is 2.78. The summed E-state index contributed by atoms with van der Waals surface area (Å²) < 4.78 is 4.95. The van der Waals surface area contributed by atoms with Crippen molar-refractivity contribution in [1.29, 1.82) is 15.8 Å². The fraction of sp³-hybridized carbons (Fsp3) is 0.250. The second-order valence-electron chi connectivity index (χ2n) is 3.69. The topological polar surface area (TPSA) is 101 Å². The molecule has 0 aromatic rings. The van der Waals surface area contributed by atoms with Gasteiger partial charge < -0.3 is 9.84 Å². The Hall–Kier alpha value is -2.71. The number of ether oxygens (including phenoxy) is 1. The molecule has 84 valence electrons. The van der Waals surface area contributed by atoms with Gasteiger partial charge in [0.1, 0.15) is 17.4 Å². The van der Waals surface area contributed by atoms with E-state index < -0.39 is 16.9 Å². The van der Waals surface area contributed by atoms with E-state index in [1.165, 1.54) is 6.08 Å². The lowest BCUT2D eigenvalue weighted by Crippen LogP contribution is -2.22. The fourth-order valence-electron chi connectivity index (χ4n) is 1.34. The minimum atomic E-state index is -1.79. The maximum Gasteiger partial charge on any atom is 0.299 e. The Morgan fingerprint density at radius 2 is 1.94 bits per heavy atom. The summed E-state index contributed by atoms with van der Waals surface area (Å²) in [5.74, 6) is -0.532. The SMILES string of the molecule is CC(C)=CC1=CC(C#N)(C#N)C(C#N)=C(O)O1. The van der Waals surface area contributed by atoms with E-state index in [1.54, 1.807) is 38.1 Å². The minimum Gasteiger partial charge on any atom is -0.480 e. The van der Waals surface area contributed by atoms with Crippen LogP contribution in [0.25, 0.3) is 0 Å². The standard InChI is InChI=1S/C12H9N3O2/c1-8(2)3-9-4-12(6-14,7-15)10(5-13)11(16)17-9/h3-4,16H,1-2H3. The molecule has 0 saturated heterocycles. The highest BCUT2D eigenvalue weighted by Crippen LogP contribution is 2.36. The van der Waals surface area contributed by atoms with Crippen LogP contribution in [0.4, 0.5) is 0 Å². The Morgan fingerprint density at radius 3 is 2.35 bits per heavy atom. The predicted molar refractivity (Wildman–Crippen MR) is 57.5 cm³/mol. The molecule has 0 aromatic heterocycles. The van der Waals surface area contributed by atoms with Gasteiger partial charge in [0.05, 0.1) is 12.1 Å². The predicted octanol–water partition coefficient (Wildman–Crippen LogP) is 2.19. The summed E-state index contributed by atoms with van der Waals surface area (Å²) >= 11 is 0. The normalized spacial score (nSPS) is 16.8. The third-order valence-electron chi connectivity index (χ3n) is 2.08. The molecule has 0 spiro atoms. The molecule has 1 heterocycles. The quantitative estimate of drug-likeness (QED) is 0.739. The molecule has 0 aromatic carbocycles. The van der Waals surface area contributed by atoms with Gasteiger partial charge in [-0.1, -0.05) is 5.57 Å². The maximum absolute atomic E-state index is 9.51. The number of aliphatic hydroxyl groups excluding tert-OH is 1. The molecule has 0 amide bonds. The molecule has 1 rings (SSSR count). The highest BCUT2D eigenvalue weighted by atomic mass is 16.6. The molecule has 5 nitrogen and oxygen atoms in total. The zero-order chi connectivity index (χ0) is 13.1. The second kappa shape index (κ2) is 4.43. The summed E-state index contributed by atoms with van der Waals surface area (Å²) in [6.45, 7) is 3.59. The first kappa shape index (κ1) is 12.4. The van der Waals surface area contributed by atoms with Crippen molar-refractivity contribution in [3.05, 3.63) is 35.0 Å². The van der Waals surface area contributed by atoms with Crippen LogP contribution in [-0.4, -0.2) is 5.11 Å². The van der Waals surface area contributed by atoms with Crippen molar-refractivity contribution in [2.45, 2.75) is 13.8 Å². The zero-order valence-corrected chi connectivity index (χ0v) is 9.35. The molecule has 5 heteroatoms. The number of hydrogen-bond donors (Lipinski definition) is 1. The summed E-state index contributed by atoms with van der Waals surface area (Å²) in [4.78, 5) is 0. The molecule has 1 N–H and O–H groups in total. The molecule has 0 aliphatic carbocycles. The smallest absolute Gasteiger partial charge is 0.299 e. The van der Waals surface area contributed by atoms with Crippen LogP contribution in [0.15, 0.2) is 35.0 Å². The Morgan fingerprint density at radius 1 is 1.35 bits per heavy atom. The monoisotopic (exact) mass is 227 g/mol. The van der Waals surface area contributed by atoms with Crippen LogP contribution in [0.1, 0.15) is 13.8 Å². The third kappa shape index (κ3) is 2.12. The number of hydrogen-bond acceptors (Lipinski definition) is 5. The van der Waals surface area contributed by atoms with Gasteiger partial charge in [-0.3, -0.25) is 0 Å². The van der Waals surface area contributed by atoms with Crippen molar-refractivity contribution in [3.63, 3.8) is 0 Å². The molecule has 0 radical (unpaired) electrons. The summed E-state index contributed by atoms with van der Waals surface area (Å²) in [5.41, 5.74) is -1.32. The van der Waals surface area contributed by atoms with E-state index in [-0.39, 0.29) is 5.76 Å². The van der Waals surface area contributed by atoms with Crippen LogP contribution in [0.5, 0.6) is 0 Å². The average molecular weight is 227 g/mol. The van der Waals surface area contributed by atoms with Gasteiger partial charge in [0.15, 0.2) is 0 Å². The second-order valence-corrected chi connectivity index (χ2v) is 3.69. The van der Waals surface area contributed by atoms with Gasteiger partial charge in [0.25, 0.3) is 5.95 Å². The lowest BCUT2D eigenvalue weighted by molar-refractivity contribution is 0.137. The number of rotatable bonds is 1. The van der Waals surface area contributed by atoms with Crippen molar-refractivity contribution in [1.82, 2.24) is 0 Å². The van der Waals surface area contributed by atoms with Crippen LogP contribution >= 0.6 is 0 Å². The number of nitriles is 3. The molecule has 1 aliphatic heterocycles. The summed E-state index contributed by atoms with van der Waals surface area (Å²) in [6, 6.07) is 5.04. The first-order valence-electron chi connectivity index (χ1n) is 4.71. The van der Waals surface area contributed by atoms with Gasteiger partial charge in [0, 0.05) is 0 Å². The molecule has 0 saturated carbocycles. The van der Waals surface area contributed by atoms with Crippen molar-refractivity contribution in [2.75, 3.05) is 0 Å². The summed E-state index contributed by atoms with van der Waals surface area (Å²) in [7, 11) is 0. The van der Waals surface area contributed by atoms with E-state index >= 15 is 0 Å². The van der Waals surface area contributed by atoms with Crippen molar-refractivity contribution >= 4 is 0 Å². The van der Waals surface area contributed by atoms with E-state index in [0.717, 1.165) is 5.57 Å². The molecular weight excluding hydrogens is 218 g/mol. The van der Waals surface area contributed by atoms with Crippen molar-refractivity contribution < 1.29 is 9.84 Å². The van der Waals surface area contributed by atoms with Crippen LogP contribution in [-0.2, 0) is 4.74 Å². The lowest BCUT2D eigenvalue weighted by atomic mass is 9.82. The van der Waals surface area contributed by atoms with E-state index in [1.807, 2.05) is 0 Å². The van der Waals surface area contributed by atoms with Crippen molar-refractivity contribution in [2.24, 2.45) is 5.41 Å². The Labute approximate surface area is 98.8 Å². The van der Waals surface area contributed by atoms with E-state index in [2.05, 4.69) is 0 Å². The first-order chi connectivity index (χ1) is 7.99. The first-order valence-corrected chi connectivity index (χ1v) is 4.71. The number of aliphatic hydroxyl groups is 1.